The molecule has 0 amide bonds. The van der Waals surface area contributed by atoms with Gasteiger partial charge in [0, 0.05) is 16.7 Å². The van der Waals surface area contributed by atoms with Crippen LogP contribution in [0.2, 0.25) is 20.2 Å². The number of halogens is 4. The Hall–Kier alpha value is -0.670. The molecule has 0 spiro atoms. The van der Waals surface area contributed by atoms with E-state index in [1.165, 1.54) is 7.11 Å². The van der Waals surface area contributed by atoms with Gasteiger partial charge in [0.2, 0.25) is 5.88 Å². The zero-order valence-corrected chi connectivity index (χ0v) is 12.2. The molecule has 0 unspecified atom stereocenters. The average Bonchev–Trinajstić information content (AvgIpc) is 2.26. The first-order valence-corrected chi connectivity index (χ1v) is 6.39. The van der Waals surface area contributed by atoms with Gasteiger partial charge in [-0.1, -0.05) is 46.4 Å². The lowest BCUT2D eigenvalue weighted by molar-refractivity contribution is 0.398. The highest BCUT2D eigenvalue weighted by Crippen LogP contribution is 2.38. The fourth-order valence-electron chi connectivity index (χ4n) is 1.54. The van der Waals surface area contributed by atoms with Crippen LogP contribution in [0.15, 0.2) is 24.3 Å². The molecule has 1 heterocycles. The third-order valence-corrected chi connectivity index (χ3v) is 3.28. The standard InChI is InChI=1S/C12H7Cl4NO/c1-18-11-3-6(2-10(16)17-11)12-8(14)4-7(13)5-9(12)15/h2-5H,1H3. The summed E-state index contributed by atoms with van der Waals surface area (Å²) in [6, 6.07) is 6.59. The molecular weight excluding hydrogens is 316 g/mol. The van der Waals surface area contributed by atoms with Crippen LogP contribution >= 0.6 is 46.4 Å². The minimum absolute atomic E-state index is 0.298. The topological polar surface area (TPSA) is 22.1 Å². The van der Waals surface area contributed by atoms with E-state index in [1.54, 1.807) is 24.3 Å². The predicted octanol–water partition coefficient (Wildman–Crippen LogP) is 5.37. The SMILES string of the molecule is COc1cc(-c2c(Cl)cc(Cl)cc2Cl)cc(Cl)n1. The van der Waals surface area contributed by atoms with E-state index >= 15 is 0 Å². The van der Waals surface area contributed by atoms with Gasteiger partial charge in [0.25, 0.3) is 0 Å². The minimum Gasteiger partial charge on any atom is -0.481 e. The first kappa shape index (κ1) is 13.8. The van der Waals surface area contributed by atoms with Gasteiger partial charge in [-0.25, -0.2) is 4.98 Å². The van der Waals surface area contributed by atoms with Crippen LogP contribution in [-0.4, -0.2) is 12.1 Å². The van der Waals surface area contributed by atoms with Crippen molar-refractivity contribution in [1.29, 1.82) is 0 Å². The van der Waals surface area contributed by atoms with Crippen molar-refractivity contribution in [1.82, 2.24) is 4.98 Å². The number of hydrogen-bond donors (Lipinski definition) is 0. The van der Waals surface area contributed by atoms with Crippen LogP contribution in [0.25, 0.3) is 11.1 Å². The third-order valence-electron chi connectivity index (χ3n) is 2.28. The second-order valence-electron chi connectivity index (χ2n) is 3.47. The maximum atomic E-state index is 6.14. The van der Waals surface area contributed by atoms with E-state index in [2.05, 4.69) is 4.98 Å². The molecule has 1 aromatic carbocycles. The molecule has 2 aromatic rings. The summed E-state index contributed by atoms with van der Waals surface area (Å²) < 4.78 is 5.05. The van der Waals surface area contributed by atoms with E-state index in [0.717, 1.165) is 5.56 Å². The summed E-state index contributed by atoms with van der Waals surface area (Å²) in [6.07, 6.45) is 0. The number of nitrogens with zero attached hydrogens (tertiary/aromatic N) is 1. The fraction of sp³-hybridized carbons (Fsp3) is 0.0833. The van der Waals surface area contributed by atoms with Crippen molar-refractivity contribution >= 4 is 46.4 Å². The van der Waals surface area contributed by atoms with Crippen molar-refractivity contribution in [3.05, 3.63) is 44.5 Å². The molecule has 2 rings (SSSR count). The monoisotopic (exact) mass is 321 g/mol. The normalized spacial score (nSPS) is 10.5. The molecule has 18 heavy (non-hydrogen) atoms. The highest BCUT2D eigenvalue weighted by atomic mass is 35.5. The van der Waals surface area contributed by atoms with E-state index in [-0.39, 0.29) is 0 Å². The summed E-state index contributed by atoms with van der Waals surface area (Å²) in [5.41, 5.74) is 1.36. The molecule has 0 aliphatic rings. The Morgan fingerprint density at radius 1 is 0.944 bits per heavy atom. The smallest absolute Gasteiger partial charge is 0.214 e. The van der Waals surface area contributed by atoms with Gasteiger partial charge in [0.15, 0.2) is 0 Å². The third kappa shape index (κ3) is 2.83. The van der Waals surface area contributed by atoms with Crippen molar-refractivity contribution in [2.75, 3.05) is 7.11 Å². The lowest BCUT2D eigenvalue weighted by Crippen LogP contribution is -1.90. The molecule has 0 fully saturated rings. The molecule has 1 aromatic heterocycles. The maximum Gasteiger partial charge on any atom is 0.214 e. The zero-order valence-electron chi connectivity index (χ0n) is 9.18. The Labute approximate surface area is 124 Å². The second kappa shape index (κ2) is 5.54. The van der Waals surface area contributed by atoms with Gasteiger partial charge in [-0.05, 0) is 23.8 Å². The number of hydrogen-bond acceptors (Lipinski definition) is 2. The Morgan fingerprint density at radius 3 is 2.11 bits per heavy atom. The predicted molar refractivity (Wildman–Crippen MR) is 76.3 cm³/mol. The number of methoxy groups -OCH3 is 1. The van der Waals surface area contributed by atoms with Crippen LogP contribution in [0, 0.1) is 0 Å². The summed E-state index contributed by atoms with van der Waals surface area (Å²) >= 11 is 24.1. The molecule has 0 radical (unpaired) electrons. The van der Waals surface area contributed by atoms with Crippen molar-refractivity contribution in [3.8, 4) is 17.0 Å². The highest BCUT2D eigenvalue weighted by molar-refractivity contribution is 6.42. The van der Waals surface area contributed by atoms with Gasteiger partial charge >= 0.3 is 0 Å². The summed E-state index contributed by atoms with van der Waals surface area (Å²) in [5, 5.41) is 1.65. The van der Waals surface area contributed by atoms with Crippen molar-refractivity contribution in [3.63, 3.8) is 0 Å². The highest BCUT2D eigenvalue weighted by Gasteiger charge is 2.12. The van der Waals surface area contributed by atoms with Crippen LogP contribution in [0.4, 0.5) is 0 Å². The Morgan fingerprint density at radius 2 is 1.56 bits per heavy atom. The molecule has 6 heteroatoms. The summed E-state index contributed by atoms with van der Waals surface area (Å²) in [6.45, 7) is 0. The fourth-order valence-corrected chi connectivity index (χ4v) is 2.78. The van der Waals surface area contributed by atoms with Crippen LogP contribution in [0.3, 0.4) is 0 Å². The van der Waals surface area contributed by atoms with E-state index < -0.39 is 0 Å². The van der Waals surface area contributed by atoms with Crippen LogP contribution in [0.1, 0.15) is 0 Å². The Bertz CT molecular complexity index is 578. The summed E-state index contributed by atoms with van der Waals surface area (Å²) in [7, 11) is 1.51. The molecule has 0 saturated carbocycles. The number of pyridine rings is 1. The van der Waals surface area contributed by atoms with Gasteiger partial charge in [-0.15, -0.1) is 0 Å². The zero-order chi connectivity index (χ0) is 13.3. The van der Waals surface area contributed by atoms with Crippen LogP contribution < -0.4 is 4.74 Å². The lowest BCUT2D eigenvalue weighted by Gasteiger charge is -2.09. The largest absolute Gasteiger partial charge is 0.481 e. The maximum absolute atomic E-state index is 6.14. The number of benzene rings is 1. The Balaban J connectivity index is 2.65. The molecule has 94 valence electrons. The van der Waals surface area contributed by atoms with E-state index in [4.69, 9.17) is 51.1 Å². The van der Waals surface area contributed by atoms with E-state index in [0.29, 0.717) is 31.7 Å². The van der Waals surface area contributed by atoms with Gasteiger partial charge in [-0.2, -0.15) is 0 Å². The molecule has 0 aliphatic heterocycles. The van der Waals surface area contributed by atoms with Gasteiger partial charge in [0.05, 0.1) is 17.2 Å². The summed E-state index contributed by atoms with van der Waals surface area (Å²) in [4.78, 5) is 3.99. The average molecular weight is 323 g/mol. The van der Waals surface area contributed by atoms with Gasteiger partial charge in [0.1, 0.15) is 5.15 Å². The van der Waals surface area contributed by atoms with Crippen molar-refractivity contribution in [2.45, 2.75) is 0 Å². The Kier molecular flexibility index (Phi) is 4.23. The van der Waals surface area contributed by atoms with Gasteiger partial charge in [-0.3, -0.25) is 0 Å². The molecule has 0 bridgehead atoms. The number of aromatic nitrogens is 1. The van der Waals surface area contributed by atoms with Crippen LogP contribution in [-0.2, 0) is 0 Å². The van der Waals surface area contributed by atoms with E-state index in [9.17, 15) is 0 Å². The van der Waals surface area contributed by atoms with Crippen molar-refractivity contribution < 1.29 is 4.74 Å². The molecule has 0 saturated heterocycles. The minimum atomic E-state index is 0.298. The lowest BCUT2D eigenvalue weighted by atomic mass is 10.1. The molecule has 0 aliphatic carbocycles. The molecular formula is C12H7Cl4NO. The first-order chi connectivity index (χ1) is 8.51. The van der Waals surface area contributed by atoms with Gasteiger partial charge < -0.3 is 4.74 Å². The molecule has 0 atom stereocenters. The van der Waals surface area contributed by atoms with Crippen molar-refractivity contribution in [2.24, 2.45) is 0 Å². The first-order valence-electron chi connectivity index (χ1n) is 4.87. The number of rotatable bonds is 2. The van der Waals surface area contributed by atoms with Crippen LogP contribution in [0.5, 0.6) is 5.88 Å². The summed E-state index contributed by atoms with van der Waals surface area (Å²) in [5.74, 6) is 0.389. The second-order valence-corrected chi connectivity index (χ2v) is 5.10. The number of ether oxygens (including phenoxy) is 1. The molecule has 0 N–H and O–H groups in total. The quantitative estimate of drug-likeness (QED) is 0.693. The van der Waals surface area contributed by atoms with E-state index in [1.807, 2.05) is 0 Å². The molecule has 2 nitrogen and oxygen atoms in total.